The number of carbonyl (C=O) groups is 1. The first-order valence-electron chi connectivity index (χ1n) is 6.52. The second-order valence-electron chi connectivity index (χ2n) is 4.35. The maximum atomic E-state index is 10.9. The molecule has 6 heteroatoms. The third kappa shape index (κ3) is 6.12. The number of carboxylic acids is 1. The molecule has 2 atom stereocenters. The predicted molar refractivity (Wildman–Crippen MR) is 73.4 cm³/mol. The quantitative estimate of drug-likeness (QED) is 0.457. The monoisotopic (exact) mass is 283 g/mol. The van der Waals surface area contributed by atoms with E-state index in [0.29, 0.717) is 18.7 Å². The highest BCUT2D eigenvalue weighted by molar-refractivity contribution is 5.67. The van der Waals surface area contributed by atoms with Gasteiger partial charge in [0, 0.05) is 12.6 Å². The zero-order chi connectivity index (χ0) is 14.8. The van der Waals surface area contributed by atoms with Crippen LogP contribution in [0.25, 0.3) is 0 Å². The maximum absolute atomic E-state index is 10.9. The van der Waals surface area contributed by atoms with Gasteiger partial charge in [-0.25, -0.2) is 0 Å². The Morgan fingerprint density at radius 2 is 1.95 bits per heavy atom. The summed E-state index contributed by atoms with van der Waals surface area (Å²) in [5, 5.41) is 30.7. The van der Waals surface area contributed by atoms with Crippen LogP contribution in [0.1, 0.15) is 18.1 Å². The van der Waals surface area contributed by atoms with Crippen molar-refractivity contribution >= 4 is 5.97 Å². The Morgan fingerprint density at radius 1 is 1.25 bits per heavy atom. The second-order valence-corrected chi connectivity index (χ2v) is 4.35. The lowest BCUT2D eigenvalue weighted by Crippen LogP contribution is -2.38. The lowest BCUT2D eigenvalue weighted by molar-refractivity contribution is -0.138. The van der Waals surface area contributed by atoms with E-state index < -0.39 is 18.1 Å². The number of ether oxygens (including phenoxy) is 1. The van der Waals surface area contributed by atoms with Crippen molar-refractivity contribution in [3.63, 3.8) is 0 Å². The number of aliphatic hydroxyl groups excluding tert-OH is 2. The Hall–Kier alpha value is -1.47. The number of aliphatic hydroxyl groups is 2. The molecule has 0 spiro atoms. The summed E-state index contributed by atoms with van der Waals surface area (Å²) in [5.41, 5.74) is 0.669. The number of hydrogen-bond donors (Lipinski definition) is 4. The largest absolute Gasteiger partial charge is 0.481 e. The molecule has 0 aliphatic rings. The fraction of sp³-hybridized carbons (Fsp3) is 0.500. The third-order valence-electron chi connectivity index (χ3n) is 2.81. The molecule has 4 N–H and O–H groups in total. The van der Waals surface area contributed by atoms with Crippen molar-refractivity contribution in [3.8, 4) is 0 Å². The van der Waals surface area contributed by atoms with E-state index in [0.717, 1.165) is 0 Å². The fourth-order valence-corrected chi connectivity index (χ4v) is 1.85. The van der Waals surface area contributed by atoms with Crippen LogP contribution in [-0.2, 0) is 9.53 Å². The molecule has 0 heterocycles. The molecular weight excluding hydrogens is 262 g/mol. The first-order valence-corrected chi connectivity index (χ1v) is 6.52. The molecule has 1 aromatic carbocycles. The number of hydrogen-bond acceptors (Lipinski definition) is 5. The Bertz CT molecular complexity index is 384. The van der Waals surface area contributed by atoms with Gasteiger partial charge in [0.1, 0.15) is 0 Å². The van der Waals surface area contributed by atoms with Crippen LogP contribution in [0.2, 0.25) is 0 Å². The van der Waals surface area contributed by atoms with Crippen LogP contribution in [0.15, 0.2) is 30.3 Å². The van der Waals surface area contributed by atoms with Crippen LogP contribution in [0, 0.1) is 0 Å². The first kappa shape index (κ1) is 16.6. The van der Waals surface area contributed by atoms with Gasteiger partial charge in [-0.2, -0.15) is 0 Å². The average molecular weight is 283 g/mol. The van der Waals surface area contributed by atoms with E-state index in [1.807, 2.05) is 6.07 Å². The van der Waals surface area contributed by atoms with Crippen molar-refractivity contribution < 1.29 is 24.9 Å². The number of aliphatic carboxylic acids is 1. The smallest absolute Gasteiger partial charge is 0.305 e. The van der Waals surface area contributed by atoms with E-state index in [9.17, 15) is 9.90 Å². The normalized spacial score (nSPS) is 13.9. The van der Waals surface area contributed by atoms with Gasteiger partial charge >= 0.3 is 5.97 Å². The molecule has 0 saturated carbocycles. The van der Waals surface area contributed by atoms with E-state index in [-0.39, 0.29) is 19.6 Å². The number of nitrogens with one attached hydrogen (secondary N) is 1. The molecule has 1 rings (SSSR count). The second kappa shape index (κ2) is 9.44. The van der Waals surface area contributed by atoms with Crippen LogP contribution in [0.4, 0.5) is 0 Å². The van der Waals surface area contributed by atoms with Gasteiger partial charge in [-0.05, 0) is 5.56 Å². The average Bonchev–Trinajstić information content (AvgIpc) is 2.45. The van der Waals surface area contributed by atoms with E-state index in [1.165, 1.54) is 0 Å². The summed E-state index contributed by atoms with van der Waals surface area (Å²) in [6.45, 7) is 0.942. The molecule has 112 valence electrons. The fourth-order valence-electron chi connectivity index (χ4n) is 1.85. The topological polar surface area (TPSA) is 99.0 Å². The van der Waals surface area contributed by atoms with Crippen molar-refractivity contribution in [2.75, 3.05) is 26.4 Å². The molecule has 0 radical (unpaired) electrons. The Kier molecular flexibility index (Phi) is 7.82. The molecule has 0 saturated heterocycles. The van der Waals surface area contributed by atoms with E-state index in [4.69, 9.17) is 14.9 Å². The van der Waals surface area contributed by atoms with Crippen molar-refractivity contribution in [1.82, 2.24) is 5.32 Å². The number of benzene rings is 1. The van der Waals surface area contributed by atoms with Crippen LogP contribution >= 0.6 is 0 Å². The SMILES string of the molecule is O=C(O)CC(NCCOCCO)C(O)c1ccccc1. The van der Waals surface area contributed by atoms with Gasteiger partial charge in [-0.15, -0.1) is 0 Å². The maximum Gasteiger partial charge on any atom is 0.305 e. The molecule has 6 nitrogen and oxygen atoms in total. The number of rotatable bonds is 10. The van der Waals surface area contributed by atoms with Gasteiger partial charge in [-0.3, -0.25) is 4.79 Å². The van der Waals surface area contributed by atoms with Crippen LogP contribution in [0.5, 0.6) is 0 Å². The molecule has 2 unspecified atom stereocenters. The summed E-state index contributed by atoms with van der Waals surface area (Å²) in [6, 6.07) is 8.33. The van der Waals surface area contributed by atoms with Crippen molar-refractivity contribution in [1.29, 1.82) is 0 Å². The molecule has 1 aromatic rings. The lowest BCUT2D eigenvalue weighted by atomic mass is 10.00. The Balaban J connectivity index is 2.52. The molecule has 0 aliphatic carbocycles. The zero-order valence-electron chi connectivity index (χ0n) is 11.2. The lowest BCUT2D eigenvalue weighted by Gasteiger charge is -2.23. The first-order chi connectivity index (χ1) is 9.65. The Morgan fingerprint density at radius 3 is 2.55 bits per heavy atom. The van der Waals surface area contributed by atoms with E-state index in [1.54, 1.807) is 24.3 Å². The highest BCUT2D eigenvalue weighted by atomic mass is 16.5. The summed E-state index contributed by atoms with van der Waals surface area (Å²) in [6.07, 6.45) is -1.08. The highest BCUT2D eigenvalue weighted by Gasteiger charge is 2.22. The summed E-state index contributed by atoms with van der Waals surface area (Å²) in [5.74, 6) is -0.978. The zero-order valence-corrected chi connectivity index (χ0v) is 11.2. The van der Waals surface area contributed by atoms with Gasteiger partial charge in [-0.1, -0.05) is 30.3 Å². The number of carboxylic acid groups (broad SMARTS) is 1. The van der Waals surface area contributed by atoms with Crippen molar-refractivity contribution in [2.45, 2.75) is 18.6 Å². The van der Waals surface area contributed by atoms with Crippen molar-refractivity contribution in [2.24, 2.45) is 0 Å². The standard InChI is InChI=1S/C14H21NO5/c16-7-9-20-8-6-15-12(10-13(17)18)14(19)11-4-2-1-3-5-11/h1-5,12,14-16,19H,6-10H2,(H,17,18). The molecule has 0 fully saturated rings. The third-order valence-corrected chi connectivity index (χ3v) is 2.81. The van der Waals surface area contributed by atoms with Crippen LogP contribution in [-0.4, -0.2) is 53.7 Å². The van der Waals surface area contributed by atoms with E-state index >= 15 is 0 Å². The molecule has 20 heavy (non-hydrogen) atoms. The van der Waals surface area contributed by atoms with Crippen molar-refractivity contribution in [3.05, 3.63) is 35.9 Å². The van der Waals surface area contributed by atoms with Crippen LogP contribution < -0.4 is 5.32 Å². The molecule has 0 bridgehead atoms. The van der Waals surface area contributed by atoms with Gasteiger partial charge in [0.25, 0.3) is 0 Å². The van der Waals surface area contributed by atoms with Gasteiger partial charge in [0.2, 0.25) is 0 Å². The van der Waals surface area contributed by atoms with Gasteiger partial charge < -0.3 is 25.4 Å². The molecule has 0 aliphatic heterocycles. The predicted octanol–water partition coefficient (Wildman–Crippen LogP) is 0.162. The summed E-state index contributed by atoms with van der Waals surface area (Å²) in [4.78, 5) is 10.9. The van der Waals surface area contributed by atoms with Gasteiger partial charge in [0.15, 0.2) is 0 Å². The summed E-state index contributed by atoms with van der Waals surface area (Å²) < 4.78 is 5.08. The molecular formula is C14H21NO5. The van der Waals surface area contributed by atoms with E-state index in [2.05, 4.69) is 5.32 Å². The van der Waals surface area contributed by atoms with Crippen LogP contribution in [0.3, 0.4) is 0 Å². The van der Waals surface area contributed by atoms with Gasteiger partial charge in [0.05, 0.1) is 32.3 Å². The Labute approximate surface area is 118 Å². The minimum Gasteiger partial charge on any atom is -0.481 e. The minimum absolute atomic E-state index is 0.0504. The summed E-state index contributed by atoms with van der Waals surface area (Å²) in [7, 11) is 0. The minimum atomic E-state index is -0.978. The summed E-state index contributed by atoms with van der Waals surface area (Å²) >= 11 is 0. The highest BCUT2D eigenvalue weighted by Crippen LogP contribution is 2.18. The molecule has 0 amide bonds. The molecule has 0 aromatic heterocycles.